The van der Waals surface area contributed by atoms with Gasteiger partial charge in [0.2, 0.25) is 0 Å². The van der Waals surface area contributed by atoms with Crippen LogP contribution >= 0.6 is 0 Å². The van der Waals surface area contributed by atoms with Gasteiger partial charge in [0, 0.05) is 6.08 Å². The molecule has 192 valence electrons. The first-order valence-corrected chi connectivity index (χ1v) is 14.4. The second-order valence-corrected chi connectivity index (χ2v) is 9.86. The Balaban J connectivity index is 2.35. The van der Waals surface area contributed by atoms with Crippen LogP contribution < -0.4 is 0 Å². The van der Waals surface area contributed by atoms with Crippen LogP contribution in [0.2, 0.25) is 0 Å². The van der Waals surface area contributed by atoms with Gasteiger partial charge in [-0.2, -0.15) is 0 Å². The standard InChI is InChI=1S/C33H51N2/c1-8-14-16-17-19-30-25-31(24-28(10-3)33(30)12-5)34-35(13-6)21-20-27-22-26(7)32(11-4)29(23-27)18-15-9-2/h20-25H,8-19H2,1-7H3/q+1. The number of hydrogen-bond donors (Lipinski definition) is 0. The molecule has 0 radical (unpaired) electrons. The van der Waals surface area contributed by atoms with Crippen LogP contribution in [-0.2, 0) is 32.1 Å². The van der Waals surface area contributed by atoms with Gasteiger partial charge in [0.1, 0.15) is 5.69 Å². The maximum Gasteiger partial charge on any atom is 0.196 e. The lowest BCUT2D eigenvalue weighted by molar-refractivity contribution is -0.519. The van der Waals surface area contributed by atoms with Gasteiger partial charge in [-0.25, -0.2) is 0 Å². The van der Waals surface area contributed by atoms with Crippen molar-refractivity contribution in [1.82, 2.24) is 0 Å². The zero-order valence-corrected chi connectivity index (χ0v) is 23.8. The van der Waals surface area contributed by atoms with Crippen LogP contribution in [0.4, 0.5) is 5.69 Å². The first kappa shape index (κ1) is 29.0. The average molecular weight is 476 g/mol. The summed E-state index contributed by atoms with van der Waals surface area (Å²) in [5, 5.41) is 5.06. The molecule has 2 aromatic rings. The number of azo groups is 2. The van der Waals surface area contributed by atoms with Gasteiger partial charge in [-0.3, -0.25) is 0 Å². The zero-order chi connectivity index (χ0) is 25.6. The molecule has 0 saturated carbocycles. The highest BCUT2D eigenvalue weighted by Crippen LogP contribution is 2.27. The number of rotatable bonds is 15. The van der Waals surface area contributed by atoms with E-state index in [9.17, 15) is 0 Å². The van der Waals surface area contributed by atoms with E-state index in [0.717, 1.165) is 31.5 Å². The van der Waals surface area contributed by atoms with Crippen molar-refractivity contribution in [1.29, 1.82) is 0 Å². The lowest BCUT2D eigenvalue weighted by Gasteiger charge is -2.13. The Morgan fingerprint density at radius 2 is 1.34 bits per heavy atom. The topological polar surface area (TPSA) is 15.4 Å². The summed E-state index contributed by atoms with van der Waals surface area (Å²) in [7, 11) is 0. The van der Waals surface area contributed by atoms with E-state index in [0.29, 0.717) is 0 Å². The van der Waals surface area contributed by atoms with Crippen LogP contribution in [0.5, 0.6) is 0 Å². The van der Waals surface area contributed by atoms with E-state index in [4.69, 9.17) is 5.11 Å². The number of hydrogen-bond acceptors (Lipinski definition) is 1. The van der Waals surface area contributed by atoms with Gasteiger partial charge in [0.05, 0.1) is 0 Å². The van der Waals surface area contributed by atoms with Gasteiger partial charge in [0.25, 0.3) is 0 Å². The summed E-state index contributed by atoms with van der Waals surface area (Å²) < 4.78 is 2.09. The molecule has 0 saturated heterocycles. The Morgan fingerprint density at radius 3 is 1.97 bits per heavy atom. The monoisotopic (exact) mass is 475 g/mol. The summed E-state index contributed by atoms with van der Waals surface area (Å²) in [5.74, 6) is 0. The minimum atomic E-state index is 0.855. The summed E-state index contributed by atoms with van der Waals surface area (Å²) in [5.41, 5.74) is 11.4. The van der Waals surface area contributed by atoms with Crippen molar-refractivity contribution < 1.29 is 4.70 Å². The van der Waals surface area contributed by atoms with Crippen molar-refractivity contribution in [3.8, 4) is 0 Å². The Kier molecular flexibility index (Phi) is 13.0. The van der Waals surface area contributed by atoms with Gasteiger partial charge in [0.15, 0.2) is 12.7 Å². The lowest BCUT2D eigenvalue weighted by atomic mass is 9.93. The fourth-order valence-corrected chi connectivity index (χ4v) is 5.21. The fraction of sp³-hybridized carbons (Fsp3) is 0.576. The summed E-state index contributed by atoms with van der Waals surface area (Å²) in [6.07, 6.45) is 17.7. The molecule has 0 fully saturated rings. The second-order valence-electron chi connectivity index (χ2n) is 9.86. The predicted molar refractivity (Wildman–Crippen MR) is 154 cm³/mol. The van der Waals surface area contributed by atoms with Gasteiger partial charge in [-0.15, -0.1) is 0 Å². The molecule has 0 aromatic heterocycles. The highest BCUT2D eigenvalue weighted by molar-refractivity contribution is 5.54. The Bertz CT molecular complexity index is 981. The molecule has 2 nitrogen and oxygen atoms in total. The van der Waals surface area contributed by atoms with E-state index in [2.05, 4.69) is 89.7 Å². The SMILES string of the molecule is CCCCCCc1cc(N=[N+](C=Cc2cc(C)c(CC)c(CCCC)c2)CC)cc(CC)c1CC. The van der Waals surface area contributed by atoms with Crippen LogP contribution in [-0.4, -0.2) is 11.2 Å². The molecule has 35 heavy (non-hydrogen) atoms. The summed E-state index contributed by atoms with van der Waals surface area (Å²) in [6, 6.07) is 9.39. The third kappa shape index (κ3) is 8.74. The second kappa shape index (κ2) is 15.7. The molecular weight excluding hydrogens is 424 g/mol. The van der Waals surface area contributed by atoms with E-state index >= 15 is 0 Å². The van der Waals surface area contributed by atoms with Crippen LogP contribution in [0.15, 0.2) is 35.6 Å². The molecule has 0 aliphatic carbocycles. The normalized spacial score (nSPS) is 12.1. The molecule has 0 aliphatic rings. The van der Waals surface area contributed by atoms with Crippen LogP contribution in [0.25, 0.3) is 6.08 Å². The molecule has 2 rings (SSSR count). The summed E-state index contributed by atoms with van der Waals surface area (Å²) in [4.78, 5) is 0. The smallest absolute Gasteiger partial charge is 0.0910 e. The lowest BCUT2D eigenvalue weighted by Crippen LogP contribution is -2.02. The van der Waals surface area contributed by atoms with Gasteiger partial charge < -0.3 is 0 Å². The number of aryl methyl sites for hydroxylation is 4. The minimum Gasteiger partial charge on any atom is -0.0910 e. The van der Waals surface area contributed by atoms with E-state index < -0.39 is 0 Å². The zero-order valence-electron chi connectivity index (χ0n) is 23.8. The predicted octanol–water partition coefficient (Wildman–Crippen LogP) is 9.93. The average Bonchev–Trinajstić information content (AvgIpc) is 2.87. The third-order valence-corrected chi connectivity index (χ3v) is 7.20. The van der Waals surface area contributed by atoms with E-state index in [1.165, 1.54) is 84.7 Å². The summed E-state index contributed by atoms with van der Waals surface area (Å²) in [6.45, 7) is 16.7. The van der Waals surface area contributed by atoms with E-state index in [1.807, 2.05) is 0 Å². The maximum atomic E-state index is 5.06. The van der Waals surface area contributed by atoms with E-state index in [-0.39, 0.29) is 0 Å². The maximum absolute atomic E-state index is 5.06. The molecule has 2 aromatic carbocycles. The molecular formula is C33H51N2+. The van der Waals surface area contributed by atoms with Crippen molar-refractivity contribution >= 4 is 11.8 Å². The molecule has 2 heteroatoms. The van der Waals surface area contributed by atoms with Crippen LogP contribution in [0.1, 0.15) is 119 Å². The molecule has 0 bridgehead atoms. The largest absolute Gasteiger partial charge is 0.196 e. The molecule has 0 aliphatic heterocycles. The number of nitrogens with zero attached hydrogens (tertiary/aromatic N) is 2. The van der Waals surface area contributed by atoms with Crippen LogP contribution in [0, 0.1) is 6.92 Å². The van der Waals surface area contributed by atoms with Crippen molar-refractivity contribution in [2.24, 2.45) is 5.11 Å². The van der Waals surface area contributed by atoms with Crippen molar-refractivity contribution in [3.05, 3.63) is 69.4 Å². The van der Waals surface area contributed by atoms with Crippen molar-refractivity contribution in [2.45, 2.75) is 119 Å². The van der Waals surface area contributed by atoms with E-state index in [1.54, 1.807) is 5.56 Å². The quantitative estimate of drug-likeness (QED) is 0.138. The number of unbranched alkanes of at least 4 members (excludes halogenated alkanes) is 4. The Labute approximate surface area is 216 Å². The van der Waals surface area contributed by atoms with Gasteiger partial charge >= 0.3 is 0 Å². The third-order valence-electron chi connectivity index (χ3n) is 7.20. The molecule has 0 amide bonds. The minimum absolute atomic E-state index is 0.855. The molecule has 0 atom stereocenters. The molecule has 0 spiro atoms. The first-order valence-electron chi connectivity index (χ1n) is 14.4. The highest BCUT2D eigenvalue weighted by atomic mass is 15.2. The van der Waals surface area contributed by atoms with Crippen molar-refractivity contribution in [2.75, 3.05) is 6.54 Å². The fourth-order valence-electron chi connectivity index (χ4n) is 5.21. The van der Waals surface area contributed by atoms with Crippen molar-refractivity contribution in [3.63, 3.8) is 0 Å². The summed E-state index contributed by atoms with van der Waals surface area (Å²) >= 11 is 0. The van der Waals surface area contributed by atoms with Gasteiger partial charge in [-0.1, -0.05) is 77.1 Å². The Hall–Kier alpha value is -2.22. The Morgan fingerprint density at radius 1 is 0.686 bits per heavy atom. The van der Waals surface area contributed by atoms with Crippen LogP contribution in [0.3, 0.4) is 0 Å². The molecule has 0 unspecified atom stereocenters. The first-order chi connectivity index (χ1) is 17.0. The molecule has 0 N–H and O–H groups in total. The molecule has 0 heterocycles. The number of benzene rings is 2. The van der Waals surface area contributed by atoms with Gasteiger partial charge in [-0.05, 0) is 115 Å². The highest BCUT2D eigenvalue weighted by Gasteiger charge is 2.12.